The number of nitrogens with zero attached hydrogens (tertiary/aromatic N) is 1. The summed E-state index contributed by atoms with van der Waals surface area (Å²) in [7, 11) is 1.81. The van der Waals surface area contributed by atoms with Gasteiger partial charge in [0, 0.05) is 32.9 Å². The largest absolute Gasteiger partial charge is 0.367 e. The van der Waals surface area contributed by atoms with Crippen molar-refractivity contribution in [1.29, 1.82) is 0 Å². The Morgan fingerprint density at radius 1 is 1.67 bits per heavy atom. The maximum Gasteiger partial charge on any atom is 0.219 e. The summed E-state index contributed by atoms with van der Waals surface area (Å²) < 4.78 is 0. The van der Waals surface area contributed by atoms with Crippen LogP contribution in [0, 0.1) is 0 Å². The van der Waals surface area contributed by atoms with E-state index in [0.717, 1.165) is 13.0 Å². The fourth-order valence-electron chi connectivity index (χ4n) is 0.968. The van der Waals surface area contributed by atoms with E-state index in [4.69, 9.17) is 0 Å². The van der Waals surface area contributed by atoms with Crippen LogP contribution in [-0.2, 0) is 11.2 Å². The molecule has 0 aromatic carbocycles. The van der Waals surface area contributed by atoms with Crippen molar-refractivity contribution in [3.05, 3.63) is 24.0 Å². The Balaban J connectivity index is 2.31. The summed E-state index contributed by atoms with van der Waals surface area (Å²) in [6.45, 7) is 2.37. The van der Waals surface area contributed by atoms with Crippen LogP contribution in [0.25, 0.3) is 0 Å². The summed E-state index contributed by atoms with van der Waals surface area (Å²) >= 11 is 0. The van der Waals surface area contributed by atoms with Crippen LogP contribution >= 0.6 is 0 Å². The SMILES string of the molecule is CC(=O)N(C)CCc1cc[nH]c1. The lowest BCUT2D eigenvalue weighted by Crippen LogP contribution is -2.25. The molecule has 0 aliphatic rings. The molecule has 1 rings (SSSR count). The molecule has 1 N–H and O–H groups in total. The number of carbonyl (C=O) groups is 1. The number of aromatic nitrogens is 1. The zero-order valence-corrected chi connectivity index (χ0v) is 7.50. The number of hydrogen-bond acceptors (Lipinski definition) is 1. The van der Waals surface area contributed by atoms with Gasteiger partial charge in [0.25, 0.3) is 0 Å². The molecule has 0 unspecified atom stereocenters. The fraction of sp³-hybridized carbons (Fsp3) is 0.444. The van der Waals surface area contributed by atoms with E-state index >= 15 is 0 Å². The van der Waals surface area contributed by atoms with Crippen molar-refractivity contribution in [3.8, 4) is 0 Å². The Morgan fingerprint density at radius 2 is 2.42 bits per heavy atom. The highest BCUT2D eigenvalue weighted by Crippen LogP contribution is 1.98. The van der Waals surface area contributed by atoms with Crippen molar-refractivity contribution < 1.29 is 4.79 Å². The van der Waals surface area contributed by atoms with Crippen LogP contribution in [0.3, 0.4) is 0 Å². The zero-order valence-electron chi connectivity index (χ0n) is 7.50. The molecule has 0 aliphatic heterocycles. The lowest BCUT2D eigenvalue weighted by Gasteiger charge is -2.13. The molecule has 3 nitrogen and oxygen atoms in total. The summed E-state index contributed by atoms with van der Waals surface area (Å²) in [6.07, 6.45) is 4.76. The minimum Gasteiger partial charge on any atom is -0.367 e. The standard InChI is InChI=1S/C9H14N2O/c1-8(12)11(2)6-4-9-3-5-10-7-9/h3,5,7,10H,4,6H2,1-2H3. The van der Waals surface area contributed by atoms with Gasteiger partial charge in [0.1, 0.15) is 0 Å². The molecule has 0 radical (unpaired) electrons. The van der Waals surface area contributed by atoms with Crippen molar-refractivity contribution in [3.63, 3.8) is 0 Å². The van der Waals surface area contributed by atoms with E-state index < -0.39 is 0 Å². The third kappa shape index (κ3) is 2.42. The van der Waals surface area contributed by atoms with E-state index in [0.29, 0.717) is 0 Å². The normalized spacial score (nSPS) is 9.83. The van der Waals surface area contributed by atoms with Crippen LogP contribution in [0.4, 0.5) is 0 Å². The molecule has 1 aromatic heterocycles. The molecule has 1 heterocycles. The zero-order chi connectivity index (χ0) is 8.97. The highest BCUT2D eigenvalue weighted by Gasteiger charge is 2.01. The van der Waals surface area contributed by atoms with Gasteiger partial charge >= 0.3 is 0 Å². The number of likely N-dealkylation sites (N-methyl/N-ethyl adjacent to an activating group) is 1. The average Bonchev–Trinajstić information content (AvgIpc) is 2.51. The van der Waals surface area contributed by atoms with Crippen molar-refractivity contribution in [2.75, 3.05) is 13.6 Å². The monoisotopic (exact) mass is 166 g/mol. The average molecular weight is 166 g/mol. The Labute approximate surface area is 72.4 Å². The van der Waals surface area contributed by atoms with Gasteiger partial charge < -0.3 is 9.88 Å². The molecule has 0 fully saturated rings. The second kappa shape index (κ2) is 3.95. The van der Waals surface area contributed by atoms with Crippen LogP contribution in [-0.4, -0.2) is 29.4 Å². The van der Waals surface area contributed by atoms with Crippen molar-refractivity contribution in [2.45, 2.75) is 13.3 Å². The van der Waals surface area contributed by atoms with E-state index in [1.54, 1.807) is 11.8 Å². The summed E-state index contributed by atoms with van der Waals surface area (Å²) in [5.41, 5.74) is 1.24. The van der Waals surface area contributed by atoms with Gasteiger partial charge in [-0.1, -0.05) is 0 Å². The van der Waals surface area contributed by atoms with Crippen LogP contribution in [0.15, 0.2) is 18.5 Å². The van der Waals surface area contributed by atoms with Crippen LogP contribution in [0.5, 0.6) is 0 Å². The molecule has 0 bridgehead atoms. The van der Waals surface area contributed by atoms with Gasteiger partial charge in [-0.3, -0.25) is 4.79 Å². The lowest BCUT2D eigenvalue weighted by atomic mass is 10.2. The lowest BCUT2D eigenvalue weighted by molar-refractivity contribution is -0.127. The van der Waals surface area contributed by atoms with Gasteiger partial charge in [-0.2, -0.15) is 0 Å². The van der Waals surface area contributed by atoms with Gasteiger partial charge in [-0.05, 0) is 18.1 Å². The second-order valence-corrected chi connectivity index (χ2v) is 2.91. The van der Waals surface area contributed by atoms with Gasteiger partial charge in [0.15, 0.2) is 0 Å². The van der Waals surface area contributed by atoms with Crippen molar-refractivity contribution in [2.24, 2.45) is 0 Å². The molecule has 1 amide bonds. The van der Waals surface area contributed by atoms with E-state index in [2.05, 4.69) is 4.98 Å². The van der Waals surface area contributed by atoms with Crippen LogP contribution in [0.1, 0.15) is 12.5 Å². The van der Waals surface area contributed by atoms with E-state index in [1.807, 2.05) is 25.5 Å². The predicted octanol–water partition coefficient (Wildman–Crippen LogP) is 1.04. The first-order valence-corrected chi connectivity index (χ1v) is 4.03. The molecule has 0 aliphatic carbocycles. The van der Waals surface area contributed by atoms with E-state index in [-0.39, 0.29) is 5.91 Å². The molecule has 0 saturated heterocycles. The third-order valence-corrected chi connectivity index (χ3v) is 1.94. The summed E-state index contributed by atoms with van der Waals surface area (Å²) in [6, 6.07) is 2.02. The fourth-order valence-corrected chi connectivity index (χ4v) is 0.968. The topological polar surface area (TPSA) is 36.1 Å². The minimum absolute atomic E-state index is 0.116. The summed E-state index contributed by atoms with van der Waals surface area (Å²) in [4.78, 5) is 15.5. The summed E-state index contributed by atoms with van der Waals surface area (Å²) in [5.74, 6) is 0.116. The molecule has 66 valence electrons. The minimum atomic E-state index is 0.116. The molecular formula is C9H14N2O. The van der Waals surface area contributed by atoms with Crippen LogP contribution in [0.2, 0.25) is 0 Å². The van der Waals surface area contributed by atoms with Crippen LogP contribution < -0.4 is 0 Å². The first-order valence-electron chi connectivity index (χ1n) is 4.03. The second-order valence-electron chi connectivity index (χ2n) is 2.91. The maximum atomic E-state index is 10.8. The van der Waals surface area contributed by atoms with Gasteiger partial charge in [0.2, 0.25) is 5.91 Å². The predicted molar refractivity (Wildman–Crippen MR) is 47.8 cm³/mol. The Bertz CT molecular complexity index is 241. The summed E-state index contributed by atoms with van der Waals surface area (Å²) in [5, 5.41) is 0. The molecule has 0 atom stereocenters. The Morgan fingerprint density at radius 3 is 2.92 bits per heavy atom. The third-order valence-electron chi connectivity index (χ3n) is 1.94. The van der Waals surface area contributed by atoms with E-state index in [1.165, 1.54) is 5.56 Å². The van der Waals surface area contributed by atoms with Gasteiger partial charge in [0.05, 0.1) is 0 Å². The maximum absolute atomic E-state index is 10.8. The number of carbonyl (C=O) groups excluding carboxylic acids is 1. The molecule has 1 aromatic rings. The highest BCUT2D eigenvalue weighted by molar-refractivity contribution is 5.72. The molecular weight excluding hydrogens is 152 g/mol. The quantitative estimate of drug-likeness (QED) is 0.715. The number of rotatable bonds is 3. The van der Waals surface area contributed by atoms with Gasteiger partial charge in [-0.25, -0.2) is 0 Å². The Kier molecular flexibility index (Phi) is 2.91. The van der Waals surface area contributed by atoms with Gasteiger partial charge in [-0.15, -0.1) is 0 Å². The molecule has 0 saturated carbocycles. The molecule has 12 heavy (non-hydrogen) atoms. The molecule has 0 spiro atoms. The first-order chi connectivity index (χ1) is 5.70. The number of amides is 1. The molecule has 3 heteroatoms. The van der Waals surface area contributed by atoms with Crippen molar-refractivity contribution >= 4 is 5.91 Å². The number of hydrogen-bond donors (Lipinski definition) is 1. The number of aromatic amines is 1. The van der Waals surface area contributed by atoms with Crippen molar-refractivity contribution in [1.82, 2.24) is 9.88 Å². The highest BCUT2D eigenvalue weighted by atomic mass is 16.2. The smallest absolute Gasteiger partial charge is 0.219 e. The van der Waals surface area contributed by atoms with E-state index in [9.17, 15) is 4.79 Å². The number of H-pyrrole nitrogens is 1. The number of nitrogens with one attached hydrogen (secondary N) is 1. The Hall–Kier alpha value is -1.25. The first kappa shape index (κ1) is 8.84.